The normalized spacial score (nSPS) is 13.0. The molecule has 0 radical (unpaired) electrons. The Bertz CT molecular complexity index is 768. The van der Waals surface area contributed by atoms with Crippen LogP contribution in [0.15, 0.2) is 18.2 Å². The number of hydrogen-bond donors (Lipinski definition) is 2. The Kier molecular flexibility index (Phi) is 6.18. The number of hydrogen-bond acceptors (Lipinski definition) is 6. The van der Waals surface area contributed by atoms with Crippen LogP contribution in [0.3, 0.4) is 0 Å². The number of amides is 1. The highest BCUT2D eigenvalue weighted by molar-refractivity contribution is 5.93. The molecule has 1 amide bonds. The molecule has 0 unspecified atom stereocenters. The minimum Gasteiger partial charge on any atom is -0.496 e. The zero-order valence-electron chi connectivity index (χ0n) is 16.0. The minimum atomic E-state index is -0.0701. The molecule has 1 aromatic heterocycles. The summed E-state index contributed by atoms with van der Waals surface area (Å²) in [5.41, 5.74) is 2.55. The summed E-state index contributed by atoms with van der Waals surface area (Å²) in [5.74, 6) is 1.95. The second kappa shape index (κ2) is 8.77. The molecule has 8 heteroatoms. The van der Waals surface area contributed by atoms with Gasteiger partial charge < -0.3 is 24.4 Å². The van der Waals surface area contributed by atoms with Crippen molar-refractivity contribution in [3.8, 4) is 17.2 Å². The van der Waals surface area contributed by atoms with E-state index in [1.807, 2.05) is 0 Å². The largest absolute Gasteiger partial charge is 0.496 e. The minimum absolute atomic E-state index is 0.0701. The molecule has 2 N–H and O–H groups in total. The molecular formula is C19H26N4O4. The molecule has 0 spiro atoms. The quantitative estimate of drug-likeness (QED) is 0.683. The Morgan fingerprint density at radius 2 is 1.89 bits per heavy atom. The zero-order chi connectivity index (χ0) is 19.2. The standard InChI is InChI=1S/C19H26N4O4/c1-23(19(24)18-16-12-20-6-5-17(16)21-22-18)7-4-8-27-15-10-13(25-2)9-14(11-15)26-3/h9-11,20H,4-8,12H2,1-3H3,(H,21,22). The lowest BCUT2D eigenvalue weighted by molar-refractivity contribution is 0.0780. The maximum atomic E-state index is 12.7. The molecule has 3 rings (SSSR count). The van der Waals surface area contributed by atoms with E-state index in [0.717, 1.165) is 24.2 Å². The molecule has 2 aromatic rings. The van der Waals surface area contributed by atoms with Gasteiger partial charge in [0.05, 0.1) is 20.8 Å². The maximum absolute atomic E-state index is 12.7. The fraction of sp³-hybridized carbons (Fsp3) is 0.474. The highest BCUT2D eigenvalue weighted by Crippen LogP contribution is 2.27. The highest BCUT2D eigenvalue weighted by Gasteiger charge is 2.23. The lowest BCUT2D eigenvalue weighted by atomic mass is 10.1. The van der Waals surface area contributed by atoms with E-state index in [9.17, 15) is 4.79 Å². The molecule has 0 bridgehead atoms. The van der Waals surface area contributed by atoms with Crippen molar-refractivity contribution in [2.24, 2.45) is 0 Å². The van der Waals surface area contributed by atoms with E-state index in [4.69, 9.17) is 14.2 Å². The summed E-state index contributed by atoms with van der Waals surface area (Å²) in [5, 5.41) is 10.5. The first-order valence-electron chi connectivity index (χ1n) is 9.00. The van der Waals surface area contributed by atoms with Crippen LogP contribution < -0.4 is 19.5 Å². The van der Waals surface area contributed by atoms with Crippen molar-refractivity contribution in [3.63, 3.8) is 0 Å². The topological polar surface area (TPSA) is 88.7 Å². The fourth-order valence-electron chi connectivity index (χ4n) is 3.04. The van der Waals surface area contributed by atoms with E-state index in [1.165, 1.54) is 0 Å². The zero-order valence-corrected chi connectivity index (χ0v) is 16.0. The first kappa shape index (κ1) is 19.0. The van der Waals surface area contributed by atoms with Gasteiger partial charge in [0, 0.05) is 62.6 Å². The third kappa shape index (κ3) is 4.51. The Labute approximate surface area is 158 Å². The molecular weight excluding hydrogens is 348 g/mol. The predicted octanol–water partition coefficient (Wildman–Crippen LogP) is 1.61. The number of carbonyl (C=O) groups is 1. The van der Waals surface area contributed by atoms with Gasteiger partial charge in [-0.2, -0.15) is 5.10 Å². The summed E-state index contributed by atoms with van der Waals surface area (Å²) in [6.07, 6.45) is 1.57. The molecule has 2 heterocycles. The van der Waals surface area contributed by atoms with Crippen molar-refractivity contribution in [1.82, 2.24) is 20.4 Å². The van der Waals surface area contributed by atoms with E-state index in [0.29, 0.717) is 49.1 Å². The van der Waals surface area contributed by atoms with Crippen molar-refractivity contribution in [2.45, 2.75) is 19.4 Å². The number of nitrogens with one attached hydrogen (secondary N) is 2. The molecule has 0 fully saturated rings. The molecule has 1 aliphatic rings. The van der Waals surface area contributed by atoms with Crippen LogP contribution in [-0.2, 0) is 13.0 Å². The third-order valence-electron chi connectivity index (χ3n) is 4.59. The van der Waals surface area contributed by atoms with Crippen LogP contribution in [0.2, 0.25) is 0 Å². The predicted molar refractivity (Wildman–Crippen MR) is 101 cm³/mol. The number of nitrogens with zero attached hydrogens (tertiary/aromatic N) is 2. The molecule has 0 aliphatic carbocycles. The van der Waals surface area contributed by atoms with Gasteiger partial charge in [-0.15, -0.1) is 0 Å². The molecule has 8 nitrogen and oxygen atoms in total. The van der Waals surface area contributed by atoms with Crippen LogP contribution in [-0.4, -0.2) is 62.0 Å². The van der Waals surface area contributed by atoms with Crippen LogP contribution in [0.4, 0.5) is 0 Å². The van der Waals surface area contributed by atoms with E-state index in [2.05, 4.69) is 15.5 Å². The van der Waals surface area contributed by atoms with Crippen molar-refractivity contribution in [2.75, 3.05) is 41.0 Å². The van der Waals surface area contributed by atoms with Crippen molar-refractivity contribution in [3.05, 3.63) is 35.2 Å². The number of H-pyrrole nitrogens is 1. The van der Waals surface area contributed by atoms with Crippen molar-refractivity contribution in [1.29, 1.82) is 0 Å². The molecule has 0 saturated heterocycles. The lowest BCUT2D eigenvalue weighted by Gasteiger charge is -2.18. The number of benzene rings is 1. The average Bonchev–Trinajstić information content (AvgIpc) is 3.14. The van der Waals surface area contributed by atoms with Gasteiger partial charge in [-0.3, -0.25) is 9.89 Å². The first-order chi connectivity index (χ1) is 13.1. The van der Waals surface area contributed by atoms with Gasteiger partial charge in [-0.05, 0) is 6.42 Å². The second-order valence-electron chi connectivity index (χ2n) is 6.43. The number of aromatic amines is 1. The monoisotopic (exact) mass is 374 g/mol. The smallest absolute Gasteiger partial charge is 0.274 e. The van der Waals surface area contributed by atoms with Crippen LogP contribution in [0.5, 0.6) is 17.2 Å². The van der Waals surface area contributed by atoms with Crippen molar-refractivity contribution >= 4 is 5.91 Å². The molecule has 27 heavy (non-hydrogen) atoms. The van der Waals surface area contributed by atoms with Gasteiger partial charge in [0.1, 0.15) is 17.2 Å². The lowest BCUT2D eigenvalue weighted by Crippen LogP contribution is -2.31. The number of rotatable bonds is 8. The summed E-state index contributed by atoms with van der Waals surface area (Å²) in [4.78, 5) is 14.3. The van der Waals surface area contributed by atoms with Crippen LogP contribution in [0, 0.1) is 0 Å². The Morgan fingerprint density at radius 3 is 2.59 bits per heavy atom. The SMILES string of the molecule is COc1cc(OC)cc(OCCCN(C)C(=O)c2n[nH]c3c2CNCC3)c1. The molecule has 146 valence electrons. The summed E-state index contributed by atoms with van der Waals surface area (Å²) in [6.45, 7) is 2.65. The highest BCUT2D eigenvalue weighted by atomic mass is 16.5. The van der Waals surface area contributed by atoms with Gasteiger partial charge >= 0.3 is 0 Å². The van der Waals surface area contributed by atoms with Gasteiger partial charge in [0.15, 0.2) is 5.69 Å². The molecule has 1 aliphatic heterocycles. The third-order valence-corrected chi connectivity index (χ3v) is 4.59. The number of methoxy groups -OCH3 is 2. The Hall–Kier alpha value is -2.74. The first-order valence-corrected chi connectivity index (χ1v) is 9.00. The summed E-state index contributed by atoms with van der Waals surface area (Å²) in [7, 11) is 4.99. The number of carbonyl (C=O) groups excluding carboxylic acids is 1. The van der Waals surface area contributed by atoms with Crippen LogP contribution in [0.1, 0.15) is 28.2 Å². The van der Waals surface area contributed by atoms with E-state index in [-0.39, 0.29) is 5.91 Å². The number of fused-ring (bicyclic) bond motifs is 1. The van der Waals surface area contributed by atoms with E-state index < -0.39 is 0 Å². The Balaban J connectivity index is 1.50. The fourth-order valence-corrected chi connectivity index (χ4v) is 3.04. The van der Waals surface area contributed by atoms with Crippen molar-refractivity contribution < 1.29 is 19.0 Å². The van der Waals surface area contributed by atoms with E-state index >= 15 is 0 Å². The number of aromatic nitrogens is 2. The second-order valence-corrected chi connectivity index (χ2v) is 6.43. The van der Waals surface area contributed by atoms with Crippen LogP contribution >= 0.6 is 0 Å². The maximum Gasteiger partial charge on any atom is 0.274 e. The number of ether oxygens (including phenoxy) is 3. The van der Waals surface area contributed by atoms with E-state index in [1.54, 1.807) is 44.4 Å². The Morgan fingerprint density at radius 1 is 1.19 bits per heavy atom. The van der Waals surface area contributed by atoms with Gasteiger partial charge in [0.2, 0.25) is 0 Å². The molecule has 0 atom stereocenters. The van der Waals surface area contributed by atoms with Gasteiger partial charge in [0.25, 0.3) is 5.91 Å². The molecule has 0 saturated carbocycles. The average molecular weight is 374 g/mol. The van der Waals surface area contributed by atoms with Crippen LogP contribution in [0.25, 0.3) is 0 Å². The molecule has 1 aromatic carbocycles. The summed E-state index contributed by atoms with van der Waals surface area (Å²) in [6, 6.07) is 5.40. The summed E-state index contributed by atoms with van der Waals surface area (Å²) < 4.78 is 16.2. The van der Waals surface area contributed by atoms with Gasteiger partial charge in [-0.25, -0.2) is 0 Å². The summed E-state index contributed by atoms with van der Waals surface area (Å²) >= 11 is 0. The van der Waals surface area contributed by atoms with Gasteiger partial charge in [-0.1, -0.05) is 0 Å².